The van der Waals surface area contributed by atoms with Crippen LogP contribution in [0.3, 0.4) is 0 Å². The number of thiophene rings is 1. The van der Waals surface area contributed by atoms with Crippen LogP contribution in [0.2, 0.25) is 0 Å². The molecule has 31 heavy (non-hydrogen) atoms. The lowest BCUT2D eigenvalue weighted by molar-refractivity contribution is -0.127. The van der Waals surface area contributed by atoms with Gasteiger partial charge in [0.25, 0.3) is 5.56 Å². The summed E-state index contributed by atoms with van der Waals surface area (Å²) in [5.74, 6) is 0.711. The van der Waals surface area contributed by atoms with E-state index in [1.54, 1.807) is 42.0 Å². The Hall–Kier alpha value is -2.32. The maximum absolute atomic E-state index is 13.8. The Morgan fingerprint density at radius 1 is 1.19 bits per heavy atom. The number of nitrogens with zero attached hydrogens (tertiary/aromatic N) is 3. The molecule has 8 heteroatoms. The van der Waals surface area contributed by atoms with Gasteiger partial charge in [-0.1, -0.05) is 18.2 Å². The largest absolute Gasteiger partial charge is 0.497 e. The fourth-order valence-electron chi connectivity index (χ4n) is 3.97. The summed E-state index contributed by atoms with van der Waals surface area (Å²) in [6, 6.07) is 7.40. The standard InChI is InChI=1S/C23H27N3O3S2/c1-14(21(27)25(2)3)30-23-24-20-19(17-8-6-5-7-9-18(17)31-20)22(28)26(23)15-10-12-16(29-4)13-11-15/h10-14H,5-9H2,1-4H3. The number of rotatable bonds is 5. The number of thioether (sulfide) groups is 1. The third kappa shape index (κ3) is 4.23. The summed E-state index contributed by atoms with van der Waals surface area (Å²) in [6.07, 6.45) is 5.39. The normalized spacial score (nSPS) is 14.7. The van der Waals surface area contributed by atoms with Crippen LogP contribution in [0, 0.1) is 0 Å². The van der Waals surface area contributed by atoms with Gasteiger partial charge in [0.1, 0.15) is 10.6 Å². The summed E-state index contributed by atoms with van der Waals surface area (Å²) < 4.78 is 6.93. The van der Waals surface area contributed by atoms with E-state index in [0.29, 0.717) is 5.16 Å². The lowest BCUT2D eigenvalue weighted by Crippen LogP contribution is -2.31. The molecule has 3 aromatic rings. The van der Waals surface area contributed by atoms with E-state index < -0.39 is 0 Å². The number of ether oxygens (including phenoxy) is 1. The van der Waals surface area contributed by atoms with Gasteiger partial charge in [-0.25, -0.2) is 4.98 Å². The van der Waals surface area contributed by atoms with Crippen molar-refractivity contribution in [2.24, 2.45) is 0 Å². The van der Waals surface area contributed by atoms with Gasteiger partial charge in [-0.15, -0.1) is 11.3 Å². The summed E-state index contributed by atoms with van der Waals surface area (Å²) in [4.78, 5) is 34.9. The second kappa shape index (κ2) is 9.04. The summed E-state index contributed by atoms with van der Waals surface area (Å²) in [7, 11) is 5.09. The number of carbonyl (C=O) groups is 1. The number of fused-ring (bicyclic) bond motifs is 3. The summed E-state index contributed by atoms with van der Waals surface area (Å²) in [5, 5.41) is 0.928. The topological polar surface area (TPSA) is 64.4 Å². The number of amides is 1. The first-order valence-electron chi connectivity index (χ1n) is 10.5. The van der Waals surface area contributed by atoms with Crippen LogP contribution in [0.5, 0.6) is 5.75 Å². The highest BCUT2D eigenvalue weighted by molar-refractivity contribution is 8.00. The van der Waals surface area contributed by atoms with Gasteiger partial charge in [-0.3, -0.25) is 14.2 Å². The molecule has 0 fully saturated rings. The molecule has 164 valence electrons. The summed E-state index contributed by atoms with van der Waals surface area (Å²) in [5.41, 5.74) is 1.84. The van der Waals surface area contributed by atoms with Crippen molar-refractivity contribution in [2.45, 2.75) is 49.4 Å². The van der Waals surface area contributed by atoms with Crippen LogP contribution in [0.15, 0.2) is 34.2 Å². The zero-order chi connectivity index (χ0) is 22.1. The molecule has 1 atom stereocenters. The Labute approximate surface area is 190 Å². The Bertz CT molecular complexity index is 1170. The van der Waals surface area contributed by atoms with Gasteiger partial charge in [-0.2, -0.15) is 0 Å². The van der Waals surface area contributed by atoms with Crippen LogP contribution < -0.4 is 10.3 Å². The molecular formula is C23H27N3O3S2. The van der Waals surface area contributed by atoms with E-state index in [1.165, 1.54) is 28.6 Å². The number of hydrogen-bond donors (Lipinski definition) is 0. The van der Waals surface area contributed by atoms with Crippen LogP contribution in [0.1, 0.15) is 36.6 Å². The van der Waals surface area contributed by atoms with Gasteiger partial charge in [0, 0.05) is 19.0 Å². The minimum atomic E-state index is -0.360. The van der Waals surface area contributed by atoms with E-state index >= 15 is 0 Å². The van der Waals surface area contributed by atoms with Gasteiger partial charge in [0.05, 0.1) is 23.4 Å². The Kier molecular flexibility index (Phi) is 6.39. The van der Waals surface area contributed by atoms with E-state index in [0.717, 1.165) is 47.3 Å². The highest BCUT2D eigenvalue weighted by Gasteiger charge is 2.25. The molecule has 1 aliphatic carbocycles. The molecule has 1 aliphatic rings. The molecule has 0 saturated carbocycles. The van der Waals surface area contributed by atoms with Crippen molar-refractivity contribution in [3.63, 3.8) is 0 Å². The molecule has 0 bridgehead atoms. The minimum Gasteiger partial charge on any atom is -0.497 e. The van der Waals surface area contributed by atoms with Crippen molar-refractivity contribution in [1.82, 2.24) is 14.5 Å². The molecule has 0 N–H and O–H groups in total. The first-order chi connectivity index (χ1) is 14.9. The Morgan fingerprint density at radius 2 is 1.90 bits per heavy atom. The fourth-order valence-corrected chi connectivity index (χ4v) is 6.35. The molecule has 0 radical (unpaired) electrons. The fraction of sp³-hybridized carbons (Fsp3) is 0.435. The Balaban J connectivity index is 1.91. The van der Waals surface area contributed by atoms with Crippen molar-refractivity contribution in [3.05, 3.63) is 45.1 Å². The third-order valence-electron chi connectivity index (χ3n) is 5.61. The lowest BCUT2D eigenvalue weighted by atomic mass is 10.1. The van der Waals surface area contributed by atoms with E-state index in [1.807, 2.05) is 31.2 Å². The second-order valence-electron chi connectivity index (χ2n) is 7.97. The van der Waals surface area contributed by atoms with Gasteiger partial charge < -0.3 is 9.64 Å². The molecule has 1 amide bonds. The molecule has 2 heterocycles. The third-order valence-corrected chi connectivity index (χ3v) is 7.84. The van der Waals surface area contributed by atoms with Crippen molar-refractivity contribution in [1.29, 1.82) is 0 Å². The average Bonchev–Trinajstić information content (AvgIpc) is 2.94. The highest BCUT2D eigenvalue weighted by Crippen LogP contribution is 2.35. The quantitative estimate of drug-likeness (QED) is 0.325. The molecule has 1 unspecified atom stereocenters. The smallest absolute Gasteiger partial charge is 0.267 e. The number of aryl methyl sites for hydroxylation is 2. The van der Waals surface area contributed by atoms with Gasteiger partial charge >= 0.3 is 0 Å². The summed E-state index contributed by atoms with van der Waals surface area (Å²) >= 11 is 2.97. The van der Waals surface area contributed by atoms with Crippen molar-refractivity contribution < 1.29 is 9.53 Å². The molecule has 6 nitrogen and oxygen atoms in total. The predicted molar refractivity (Wildman–Crippen MR) is 127 cm³/mol. The maximum atomic E-state index is 13.8. The number of aromatic nitrogens is 2. The molecule has 0 aliphatic heterocycles. The average molecular weight is 458 g/mol. The number of carbonyl (C=O) groups excluding carboxylic acids is 1. The van der Waals surface area contributed by atoms with E-state index in [-0.39, 0.29) is 16.7 Å². The molecule has 4 rings (SSSR count). The summed E-state index contributed by atoms with van der Waals surface area (Å²) in [6.45, 7) is 1.85. The van der Waals surface area contributed by atoms with Crippen molar-refractivity contribution in [3.8, 4) is 11.4 Å². The van der Waals surface area contributed by atoms with Crippen LogP contribution in [0.25, 0.3) is 15.9 Å². The zero-order valence-electron chi connectivity index (χ0n) is 18.3. The lowest BCUT2D eigenvalue weighted by Gasteiger charge is -2.18. The number of benzene rings is 1. The minimum absolute atomic E-state index is 0.0115. The van der Waals surface area contributed by atoms with Crippen LogP contribution in [-0.2, 0) is 17.6 Å². The van der Waals surface area contributed by atoms with Crippen molar-refractivity contribution in [2.75, 3.05) is 21.2 Å². The molecule has 0 spiro atoms. The first kappa shape index (κ1) is 21.9. The second-order valence-corrected chi connectivity index (χ2v) is 10.4. The van der Waals surface area contributed by atoms with E-state index in [4.69, 9.17) is 9.72 Å². The molecular weight excluding hydrogens is 430 g/mol. The molecule has 0 saturated heterocycles. The predicted octanol–water partition coefficient (Wildman–Crippen LogP) is 4.29. The zero-order valence-corrected chi connectivity index (χ0v) is 19.9. The molecule has 1 aromatic carbocycles. The van der Waals surface area contributed by atoms with E-state index in [9.17, 15) is 9.59 Å². The first-order valence-corrected chi connectivity index (χ1v) is 12.2. The Morgan fingerprint density at radius 3 is 2.58 bits per heavy atom. The van der Waals surface area contributed by atoms with Gasteiger partial charge in [-0.05, 0) is 62.4 Å². The van der Waals surface area contributed by atoms with Gasteiger partial charge in [0.15, 0.2) is 5.16 Å². The SMILES string of the molecule is COc1ccc(-n2c(SC(C)C(=O)N(C)C)nc3sc4c(c3c2=O)CCCCC4)cc1. The van der Waals surface area contributed by atoms with Gasteiger partial charge in [0.2, 0.25) is 5.91 Å². The number of hydrogen-bond acceptors (Lipinski definition) is 6. The van der Waals surface area contributed by atoms with Crippen LogP contribution in [0.4, 0.5) is 0 Å². The highest BCUT2D eigenvalue weighted by atomic mass is 32.2. The maximum Gasteiger partial charge on any atom is 0.267 e. The monoisotopic (exact) mass is 457 g/mol. The number of methoxy groups -OCH3 is 1. The van der Waals surface area contributed by atoms with E-state index in [2.05, 4.69) is 0 Å². The van der Waals surface area contributed by atoms with Crippen molar-refractivity contribution >= 4 is 39.2 Å². The molecule has 2 aromatic heterocycles. The van der Waals surface area contributed by atoms with Crippen LogP contribution in [-0.4, -0.2) is 46.8 Å². The van der Waals surface area contributed by atoms with Crippen LogP contribution >= 0.6 is 23.1 Å².